The molecule has 0 aromatic rings. The van der Waals surface area contributed by atoms with Gasteiger partial charge in [0, 0.05) is 11.8 Å². The summed E-state index contributed by atoms with van der Waals surface area (Å²) in [6.45, 7) is 6.48. The van der Waals surface area contributed by atoms with Crippen LogP contribution in [0.15, 0.2) is 0 Å². The number of carbonyl (C=O) groups is 1. The van der Waals surface area contributed by atoms with Gasteiger partial charge in [-0.3, -0.25) is 10.1 Å². The zero-order chi connectivity index (χ0) is 12.7. The average Bonchev–Trinajstić information content (AvgIpc) is 3.08. The van der Waals surface area contributed by atoms with Crippen molar-refractivity contribution in [2.24, 2.45) is 0 Å². The van der Waals surface area contributed by atoms with Crippen LogP contribution >= 0.6 is 11.8 Å². The lowest BCUT2D eigenvalue weighted by Gasteiger charge is -2.28. The Morgan fingerprint density at radius 3 is 2.71 bits per heavy atom. The van der Waals surface area contributed by atoms with Crippen LogP contribution in [-0.4, -0.2) is 35.7 Å². The molecule has 4 heteroatoms. The molecule has 1 aliphatic carbocycles. The van der Waals surface area contributed by atoms with Crippen LogP contribution in [0, 0.1) is 0 Å². The molecule has 1 N–H and O–H groups in total. The molecule has 1 aliphatic rings. The van der Waals surface area contributed by atoms with Gasteiger partial charge < -0.3 is 4.74 Å². The van der Waals surface area contributed by atoms with Gasteiger partial charge in [-0.15, -0.1) is 0 Å². The highest BCUT2D eigenvalue weighted by atomic mass is 32.2. The molecule has 100 valence electrons. The fourth-order valence-corrected chi connectivity index (χ4v) is 2.90. The van der Waals surface area contributed by atoms with Crippen molar-refractivity contribution in [1.82, 2.24) is 5.32 Å². The number of ether oxygens (including phenoxy) is 1. The molecular formula is C13H25NO2S. The second-order valence-electron chi connectivity index (χ2n) is 4.88. The van der Waals surface area contributed by atoms with E-state index in [1.54, 1.807) is 0 Å². The number of hydrogen-bond acceptors (Lipinski definition) is 4. The molecule has 0 saturated heterocycles. The van der Waals surface area contributed by atoms with E-state index in [0.29, 0.717) is 12.6 Å². The maximum absolute atomic E-state index is 12.0. The Morgan fingerprint density at radius 2 is 2.18 bits per heavy atom. The first kappa shape index (κ1) is 14.8. The van der Waals surface area contributed by atoms with Crippen molar-refractivity contribution in [3.8, 4) is 0 Å². The summed E-state index contributed by atoms with van der Waals surface area (Å²) in [5.74, 6) is 1.83. The van der Waals surface area contributed by atoms with Crippen molar-refractivity contribution in [2.75, 3.05) is 18.1 Å². The van der Waals surface area contributed by atoms with E-state index in [0.717, 1.165) is 11.5 Å². The average molecular weight is 259 g/mol. The highest BCUT2D eigenvalue weighted by Gasteiger charge is 2.39. The number of carbonyl (C=O) groups excluding carboxylic acids is 1. The maximum atomic E-state index is 12.0. The smallest absolute Gasteiger partial charge is 0.326 e. The minimum absolute atomic E-state index is 0.101. The Labute approximate surface area is 109 Å². The molecule has 0 spiro atoms. The number of thioether (sulfide) groups is 1. The third kappa shape index (κ3) is 5.30. The minimum atomic E-state index is -0.504. The van der Waals surface area contributed by atoms with Gasteiger partial charge in [0.15, 0.2) is 0 Å². The van der Waals surface area contributed by atoms with Crippen LogP contribution in [0.5, 0.6) is 0 Å². The van der Waals surface area contributed by atoms with Crippen LogP contribution in [0.4, 0.5) is 0 Å². The van der Waals surface area contributed by atoms with Crippen molar-refractivity contribution in [2.45, 2.75) is 58.0 Å². The number of unbranched alkanes of at least 4 members (excludes halogenated alkanes) is 1. The number of hydrogen-bond donors (Lipinski definition) is 1. The Kier molecular flexibility index (Phi) is 6.34. The van der Waals surface area contributed by atoms with Gasteiger partial charge in [-0.1, -0.05) is 13.3 Å². The van der Waals surface area contributed by atoms with Crippen LogP contribution in [0.3, 0.4) is 0 Å². The van der Waals surface area contributed by atoms with E-state index in [1.165, 1.54) is 25.7 Å². The first-order chi connectivity index (χ1) is 8.12. The number of rotatable bonds is 9. The zero-order valence-electron chi connectivity index (χ0n) is 11.3. The van der Waals surface area contributed by atoms with Crippen LogP contribution in [0.25, 0.3) is 0 Å². The predicted molar refractivity (Wildman–Crippen MR) is 73.4 cm³/mol. The molecule has 0 aromatic carbocycles. The Bertz CT molecular complexity index is 244. The quantitative estimate of drug-likeness (QED) is 0.510. The second-order valence-corrected chi connectivity index (χ2v) is 5.98. The standard InChI is InChI=1S/C13H25NO2S/c1-4-6-9-17-10-13(3,12(15)16-5-2)14-11-7-8-11/h11,14H,4-10H2,1-3H3. The SMILES string of the molecule is CCCCSCC(C)(NC1CC1)C(=O)OCC. The van der Waals surface area contributed by atoms with E-state index in [1.807, 2.05) is 25.6 Å². The Morgan fingerprint density at radius 1 is 1.47 bits per heavy atom. The molecule has 0 heterocycles. The van der Waals surface area contributed by atoms with Crippen molar-refractivity contribution in [1.29, 1.82) is 0 Å². The summed E-state index contributed by atoms with van der Waals surface area (Å²) in [4.78, 5) is 12.0. The second kappa shape index (κ2) is 7.27. The van der Waals surface area contributed by atoms with Gasteiger partial charge in [0.2, 0.25) is 0 Å². The van der Waals surface area contributed by atoms with Crippen molar-refractivity contribution < 1.29 is 9.53 Å². The summed E-state index contributed by atoms with van der Waals surface area (Å²) >= 11 is 1.85. The third-order valence-corrected chi connectivity index (χ3v) is 4.22. The van der Waals surface area contributed by atoms with E-state index >= 15 is 0 Å². The molecule has 1 rings (SSSR count). The van der Waals surface area contributed by atoms with Crippen molar-refractivity contribution in [3.63, 3.8) is 0 Å². The summed E-state index contributed by atoms with van der Waals surface area (Å²) in [7, 11) is 0. The van der Waals surface area contributed by atoms with Gasteiger partial charge in [0.05, 0.1) is 6.61 Å². The largest absolute Gasteiger partial charge is 0.465 e. The fraction of sp³-hybridized carbons (Fsp3) is 0.923. The fourth-order valence-electron chi connectivity index (χ4n) is 1.65. The topological polar surface area (TPSA) is 38.3 Å². The van der Waals surface area contributed by atoms with Gasteiger partial charge in [-0.05, 0) is 38.9 Å². The minimum Gasteiger partial charge on any atom is -0.465 e. The first-order valence-electron chi connectivity index (χ1n) is 6.65. The lowest BCUT2D eigenvalue weighted by molar-refractivity contribution is -0.149. The molecule has 0 aromatic heterocycles. The van der Waals surface area contributed by atoms with Gasteiger partial charge in [0.25, 0.3) is 0 Å². The van der Waals surface area contributed by atoms with Crippen molar-refractivity contribution in [3.05, 3.63) is 0 Å². The molecule has 1 fully saturated rings. The molecule has 0 aliphatic heterocycles. The van der Waals surface area contributed by atoms with E-state index in [9.17, 15) is 4.79 Å². The summed E-state index contributed by atoms with van der Waals surface area (Å²) in [5.41, 5.74) is -0.504. The summed E-state index contributed by atoms with van der Waals surface area (Å²) in [6, 6.07) is 0.524. The normalized spacial score (nSPS) is 18.8. The molecule has 1 saturated carbocycles. The van der Waals surface area contributed by atoms with Crippen LogP contribution < -0.4 is 5.32 Å². The molecule has 0 amide bonds. The first-order valence-corrected chi connectivity index (χ1v) is 7.80. The third-order valence-electron chi connectivity index (χ3n) is 2.86. The monoisotopic (exact) mass is 259 g/mol. The van der Waals surface area contributed by atoms with Gasteiger partial charge >= 0.3 is 5.97 Å². The molecule has 3 nitrogen and oxygen atoms in total. The molecular weight excluding hydrogens is 234 g/mol. The van der Waals surface area contributed by atoms with Gasteiger partial charge in [-0.2, -0.15) is 11.8 Å². The van der Waals surface area contributed by atoms with Gasteiger partial charge in [-0.25, -0.2) is 0 Å². The maximum Gasteiger partial charge on any atom is 0.326 e. The van der Waals surface area contributed by atoms with Gasteiger partial charge in [0.1, 0.15) is 5.54 Å². The summed E-state index contributed by atoms with van der Waals surface area (Å²) in [6.07, 6.45) is 4.80. The highest BCUT2D eigenvalue weighted by Crippen LogP contribution is 2.25. The summed E-state index contributed by atoms with van der Waals surface area (Å²) < 4.78 is 5.18. The van der Waals surface area contributed by atoms with E-state index in [4.69, 9.17) is 4.74 Å². The highest BCUT2D eigenvalue weighted by molar-refractivity contribution is 7.99. The van der Waals surface area contributed by atoms with E-state index < -0.39 is 5.54 Å². The Balaban J connectivity index is 2.41. The van der Waals surface area contributed by atoms with Crippen LogP contribution in [0.1, 0.15) is 46.5 Å². The Hall–Kier alpha value is -0.220. The molecule has 17 heavy (non-hydrogen) atoms. The number of esters is 1. The van der Waals surface area contributed by atoms with Crippen LogP contribution in [0.2, 0.25) is 0 Å². The molecule has 1 atom stereocenters. The van der Waals surface area contributed by atoms with Crippen molar-refractivity contribution >= 4 is 17.7 Å². The number of nitrogens with one attached hydrogen (secondary N) is 1. The van der Waals surface area contributed by atoms with E-state index in [2.05, 4.69) is 12.2 Å². The summed E-state index contributed by atoms with van der Waals surface area (Å²) in [5, 5.41) is 3.43. The zero-order valence-corrected chi connectivity index (χ0v) is 12.1. The lowest BCUT2D eigenvalue weighted by atomic mass is 10.1. The predicted octanol–water partition coefficient (Wildman–Crippen LogP) is 2.59. The molecule has 0 bridgehead atoms. The molecule has 1 unspecified atom stereocenters. The van der Waals surface area contributed by atoms with E-state index in [-0.39, 0.29) is 5.97 Å². The van der Waals surface area contributed by atoms with Crippen LogP contribution in [-0.2, 0) is 9.53 Å². The lowest BCUT2D eigenvalue weighted by Crippen LogP contribution is -2.53. The molecule has 0 radical (unpaired) electrons.